The maximum atomic E-state index is 13.9. The van der Waals surface area contributed by atoms with E-state index >= 15 is 0 Å². The van der Waals surface area contributed by atoms with Crippen molar-refractivity contribution < 1.29 is 17.2 Å². The number of nitrogens with zero attached hydrogens (tertiary/aromatic N) is 2. The molecule has 0 aromatic heterocycles. The van der Waals surface area contributed by atoms with Crippen molar-refractivity contribution in [2.24, 2.45) is 0 Å². The second-order valence-corrected chi connectivity index (χ2v) is 12.3. The van der Waals surface area contributed by atoms with Gasteiger partial charge < -0.3 is 0 Å². The van der Waals surface area contributed by atoms with Crippen molar-refractivity contribution in [1.82, 2.24) is 9.80 Å². The molecule has 1 unspecified atom stereocenters. The van der Waals surface area contributed by atoms with Crippen molar-refractivity contribution in [2.45, 2.75) is 25.4 Å². The van der Waals surface area contributed by atoms with Gasteiger partial charge >= 0.3 is 0 Å². The zero-order valence-corrected chi connectivity index (χ0v) is 22.2. The van der Waals surface area contributed by atoms with E-state index in [2.05, 4.69) is 34.1 Å². The average molecular weight is 543 g/mol. The summed E-state index contributed by atoms with van der Waals surface area (Å²) >= 11 is 6.15. The topological polar surface area (TPSA) is 40.6 Å². The Kier molecular flexibility index (Phi) is 7.50. The zero-order chi connectivity index (χ0) is 26.2. The first-order chi connectivity index (χ1) is 17.7. The molecule has 2 fully saturated rings. The third-order valence-corrected chi connectivity index (χ3v) is 8.57. The van der Waals surface area contributed by atoms with Crippen molar-refractivity contribution in [3.05, 3.63) is 111 Å². The lowest BCUT2D eigenvalue weighted by molar-refractivity contribution is 0.203. The molecule has 194 valence electrons. The first-order valence-corrected chi connectivity index (χ1v) is 14.6. The highest BCUT2D eigenvalue weighted by Crippen LogP contribution is 2.39. The third-order valence-electron chi connectivity index (χ3n) is 7.06. The van der Waals surface area contributed by atoms with E-state index < -0.39 is 21.5 Å². The number of benzene rings is 3. The van der Waals surface area contributed by atoms with Gasteiger partial charge in [0.1, 0.15) is 11.6 Å². The van der Waals surface area contributed by atoms with Gasteiger partial charge in [-0.05, 0) is 78.0 Å². The van der Waals surface area contributed by atoms with Crippen LogP contribution in [0, 0.1) is 11.6 Å². The smallest absolute Gasteiger partial charge is 0.176 e. The molecule has 2 saturated heterocycles. The molecule has 0 amide bonds. The summed E-state index contributed by atoms with van der Waals surface area (Å²) in [6.07, 6.45) is 3.58. The summed E-state index contributed by atoms with van der Waals surface area (Å²) in [6, 6.07) is 19.0. The fourth-order valence-corrected chi connectivity index (χ4v) is 6.72. The monoisotopic (exact) mass is 542 g/mol. The second kappa shape index (κ2) is 10.7. The van der Waals surface area contributed by atoms with Crippen LogP contribution in [0.2, 0.25) is 5.02 Å². The largest absolute Gasteiger partial charge is 0.299 e. The van der Waals surface area contributed by atoms with Crippen molar-refractivity contribution in [3.8, 4) is 0 Å². The minimum absolute atomic E-state index is 0.00188. The molecule has 0 saturated carbocycles. The number of hydrogen-bond acceptors (Lipinski definition) is 4. The van der Waals surface area contributed by atoms with Gasteiger partial charge in [-0.1, -0.05) is 48.0 Å². The zero-order valence-electron chi connectivity index (χ0n) is 20.6. The lowest BCUT2D eigenvalue weighted by Gasteiger charge is -2.42. The fourth-order valence-electron chi connectivity index (χ4n) is 5.40. The molecule has 2 aliphatic heterocycles. The molecule has 37 heavy (non-hydrogen) atoms. The van der Waals surface area contributed by atoms with E-state index in [4.69, 9.17) is 11.6 Å². The number of halogens is 3. The highest BCUT2D eigenvalue weighted by molar-refractivity contribution is 8.00. The van der Waals surface area contributed by atoms with Crippen LogP contribution in [0.15, 0.2) is 72.3 Å². The Hall–Kier alpha value is -2.58. The van der Waals surface area contributed by atoms with Crippen molar-refractivity contribution in [3.63, 3.8) is 0 Å². The Balaban J connectivity index is 1.46. The van der Waals surface area contributed by atoms with Crippen LogP contribution in [0.3, 0.4) is 0 Å². The van der Waals surface area contributed by atoms with E-state index in [1.165, 1.54) is 18.4 Å². The van der Waals surface area contributed by atoms with Gasteiger partial charge in [0.25, 0.3) is 0 Å². The summed E-state index contributed by atoms with van der Waals surface area (Å²) in [5.41, 5.74) is 4.07. The first-order valence-electron chi connectivity index (χ1n) is 12.4. The van der Waals surface area contributed by atoms with Crippen molar-refractivity contribution >= 4 is 26.3 Å². The summed E-state index contributed by atoms with van der Waals surface area (Å²) in [5.74, 6) is -1.61. The summed E-state index contributed by atoms with van der Waals surface area (Å²) in [7, 11) is -3.72. The van der Waals surface area contributed by atoms with E-state index in [0.29, 0.717) is 23.7 Å². The van der Waals surface area contributed by atoms with Gasteiger partial charge in [-0.25, -0.2) is 17.2 Å². The number of likely N-dealkylation sites (tertiary alicyclic amines) is 2. The maximum absolute atomic E-state index is 13.9. The lowest BCUT2D eigenvalue weighted by Crippen LogP contribution is -2.44. The summed E-state index contributed by atoms with van der Waals surface area (Å²) in [5, 5.41) is 0.639. The van der Waals surface area contributed by atoms with Gasteiger partial charge in [0.05, 0.1) is 10.9 Å². The van der Waals surface area contributed by atoms with Crippen molar-refractivity contribution in [1.29, 1.82) is 0 Å². The molecule has 5 rings (SSSR count). The van der Waals surface area contributed by atoms with Gasteiger partial charge in [-0.2, -0.15) is 0 Å². The van der Waals surface area contributed by atoms with Gasteiger partial charge in [0, 0.05) is 37.0 Å². The fraction of sp³-hybridized carbons (Fsp3) is 0.310. The van der Waals surface area contributed by atoms with E-state index in [1.807, 2.05) is 24.3 Å². The van der Waals surface area contributed by atoms with E-state index in [-0.39, 0.29) is 16.5 Å². The standard InChI is InChI=1S/C29H29ClF2N2O2S/c1-37(35,36)29(23-14-26(31)16-27(32)15-23)24-18-34(19-24)28(22-8-10-25(30)11-9-22)21-6-4-20(5-7-21)17-33-12-2-3-13-33/h4-11,14-16,28H,2-3,12-13,17-19H2,1H3. The van der Waals surface area contributed by atoms with Crippen LogP contribution in [0.4, 0.5) is 8.78 Å². The number of rotatable bonds is 7. The predicted octanol–water partition coefficient (Wildman–Crippen LogP) is 6.07. The minimum Gasteiger partial charge on any atom is -0.299 e. The molecule has 2 heterocycles. The van der Waals surface area contributed by atoms with Crippen LogP contribution in [-0.2, 0) is 16.4 Å². The van der Waals surface area contributed by atoms with Gasteiger partial charge in [-0.3, -0.25) is 9.80 Å². The number of hydrogen-bond donors (Lipinski definition) is 0. The van der Waals surface area contributed by atoms with Crippen LogP contribution in [0.1, 0.15) is 41.1 Å². The summed E-state index contributed by atoms with van der Waals surface area (Å²) < 4.78 is 53.2. The molecule has 0 bridgehead atoms. The summed E-state index contributed by atoms with van der Waals surface area (Å²) in [4.78, 5) is 4.62. The quantitative estimate of drug-likeness (QED) is 0.363. The van der Waals surface area contributed by atoms with Crippen LogP contribution < -0.4 is 0 Å². The highest BCUT2D eigenvalue weighted by Gasteiger charge is 2.35. The third kappa shape index (κ3) is 5.96. The molecule has 0 aliphatic carbocycles. The summed E-state index contributed by atoms with van der Waals surface area (Å²) in [6.45, 7) is 3.93. The first kappa shape index (κ1) is 26.0. The van der Waals surface area contributed by atoms with E-state index in [9.17, 15) is 17.2 Å². The Labute approximate surface area is 222 Å². The molecule has 0 radical (unpaired) electrons. The maximum Gasteiger partial charge on any atom is 0.176 e. The van der Waals surface area contributed by atoms with Gasteiger partial charge in [0.15, 0.2) is 9.84 Å². The predicted molar refractivity (Wildman–Crippen MR) is 144 cm³/mol. The molecule has 2 aliphatic rings. The highest BCUT2D eigenvalue weighted by atomic mass is 35.5. The Morgan fingerprint density at radius 1 is 0.892 bits per heavy atom. The SMILES string of the molecule is CS(=O)(=O)C(=C1CN(C(c2ccc(Cl)cc2)c2ccc(CN3CCCC3)cc2)C1)c1cc(F)cc(F)c1. The molecule has 8 heteroatoms. The molecule has 3 aromatic rings. The molecule has 4 nitrogen and oxygen atoms in total. The minimum atomic E-state index is -3.72. The van der Waals surface area contributed by atoms with Gasteiger partial charge in [0.2, 0.25) is 0 Å². The normalized spacial score (nSPS) is 17.6. The Morgan fingerprint density at radius 2 is 1.43 bits per heavy atom. The van der Waals surface area contributed by atoms with Crippen molar-refractivity contribution in [2.75, 3.05) is 32.4 Å². The van der Waals surface area contributed by atoms with E-state index in [0.717, 1.165) is 55.2 Å². The molecule has 0 spiro atoms. The van der Waals surface area contributed by atoms with Crippen LogP contribution in [-0.4, -0.2) is 50.7 Å². The van der Waals surface area contributed by atoms with Crippen LogP contribution in [0.25, 0.3) is 4.91 Å². The lowest BCUT2D eigenvalue weighted by atomic mass is 9.91. The molecular weight excluding hydrogens is 514 g/mol. The molecular formula is C29H29ClF2N2O2S. The molecule has 3 aromatic carbocycles. The van der Waals surface area contributed by atoms with Crippen LogP contribution in [0.5, 0.6) is 0 Å². The van der Waals surface area contributed by atoms with E-state index in [1.54, 1.807) is 0 Å². The molecule has 1 atom stereocenters. The van der Waals surface area contributed by atoms with Crippen LogP contribution >= 0.6 is 11.6 Å². The Bertz CT molecular complexity index is 1390. The second-order valence-electron chi connectivity index (χ2n) is 9.95. The Morgan fingerprint density at radius 3 is 1.97 bits per heavy atom. The van der Waals surface area contributed by atoms with Gasteiger partial charge in [-0.15, -0.1) is 0 Å². The number of sulfone groups is 1. The molecule has 0 N–H and O–H groups in total. The average Bonchev–Trinajstić information content (AvgIpc) is 3.31.